The Hall–Kier alpha value is -3.16. The Morgan fingerprint density at radius 1 is 1.21 bits per heavy atom. The van der Waals surface area contributed by atoms with Crippen LogP contribution in [0.1, 0.15) is 42.7 Å². The summed E-state index contributed by atoms with van der Waals surface area (Å²) in [5.74, 6) is -1.04. The molecule has 1 aromatic heterocycles. The van der Waals surface area contributed by atoms with Gasteiger partial charge in [-0.3, -0.25) is 9.59 Å². The normalized spacial score (nSPS) is 14.8. The van der Waals surface area contributed by atoms with E-state index in [1.54, 1.807) is 6.20 Å². The number of benzene rings is 1. The smallest absolute Gasteiger partial charge is 0.356 e. The van der Waals surface area contributed by atoms with Crippen LogP contribution in [0.25, 0.3) is 5.69 Å². The van der Waals surface area contributed by atoms with E-state index in [0.717, 1.165) is 11.3 Å². The van der Waals surface area contributed by atoms with Crippen LogP contribution in [0.2, 0.25) is 0 Å². The lowest BCUT2D eigenvalue weighted by atomic mass is 9.95. The highest BCUT2D eigenvalue weighted by Gasteiger charge is 2.28. The van der Waals surface area contributed by atoms with Crippen molar-refractivity contribution in [2.75, 3.05) is 13.1 Å². The maximum absolute atomic E-state index is 12.5. The first-order chi connectivity index (χ1) is 13.8. The number of aromatic nitrogens is 2. The average Bonchev–Trinajstić information content (AvgIpc) is 3.22. The number of carbonyl (C=O) groups excluding carboxylic acids is 2. The molecule has 1 saturated heterocycles. The van der Waals surface area contributed by atoms with Gasteiger partial charge in [-0.1, -0.05) is 26.0 Å². The molecule has 0 spiro atoms. The van der Waals surface area contributed by atoms with E-state index in [-0.39, 0.29) is 29.3 Å². The minimum atomic E-state index is -1.08. The minimum Gasteiger partial charge on any atom is -0.476 e. The maximum Gasteiger partial charge on any atom is 0.356 e. The van der Waals surface area contributed by atoms with Crippen molar-refractivity contribution < 1.29 is 19.5 Å². The summed E-state index contributed by atoms with van der Waals surface area (Å²) < 4.78 is 1.50. The lowest BCUT2D eigenvalue weighted by molar-refractivity contribution is -0.138. The van der Waals surface area contributed by atoms with Gasteiger partial charge in [-0.05, 0) is 36.6 Å². The molecule has 1 aliphatic heterocycles. The van der Waals surface area contributed by atoms with Crippen molar-refractivity contribution in [1.82, 2.24) is 20.0 Å². The Morgan fingerprint density at radius 2 is 1.93 bits per heavy atom. The molecule has 1 aromatic carbocycles. The summed E-state index contributed by atoms with van der Waals surface area (Å²) in [4.78, 5) is 37.4. The first kappa shape index (κ1) is 20.6. The summed E-state index contributed by atoms with van der Waals surface area (Å²) in [6.07, 6.45) is 2.94. The predicted molar refractivity (Wildman–Crippen MR) is 107 cm³/mol. The number of hydrogen-bond donors (Lipinski definition) is 2. The van der Waals surface area contributed by atoms with Gasteiger partial charge in [0.2, 0.25) is 11.8 Å². The molecule has 2 amide bonds. The highest BCUT2D eigenvalue weighted by Crippen LogP contribution is 2.19. The van der Waals surface area contributed by atoms with Crippen molar-refractivity contribution in [3.63, 3.8) is 0 Å². The van der Waals surface area contributed by atoms with Gasteiger partial charge in [-0.15, -0.1) is 0 Å². The molecule has 2 heterocycles. The Balaban J connectivity index is 1.54. The van der Waals surface area contributed by atoms with Crippen LogP contribution in [-0.2, 0) is 16.1 Å². The number of nitrogens with one attached hydrogen (secondary N) is 1. The highest BCUT2D eigenvalue weighted by atomic mass is 16.4. The SMILES string of the molecule is CC(C)C(=O)N1CCC(C(=O)NCc2cccc(-n3ccc(C(=O)O)n3)c2)CC1. The molecular weight excluding hydrogens is 372 g/mol. The number of likely N-dealkylation sites (tertiary alicyclic amines) is 1. The zero-order valence-electron chi connectivity index (χ0n) is 16.7. The van der Waals surface area contributed by atoms with Crippen molar-refractivity contribution in [3.05, 3.63) is 47.8 Å². The number of hydrogen-bond acceptors (Lipinski definition) is 4. The summed E-state index contributed by atoms with van der Waals surface area (Å²) in [5, 5.41) is 16.0. The van der Waals surface area contributed by atoms with E-state index in [1.165, 1.54) is 10.7 Å². The number of piperidine rings is 1. The van der Waals surface area contributed by atoms with Gasteiger partial charge in [0, 0.05) is 37.7 Å². The molecule has 1 fully saturated rings. The Bertz CT molecular complexity index is 898. The lowest BCUT2D eigenvalue weighted by Gasteiger charge is -2.32. The number of rotatable bonds is 6. The van der Waals surface area contributed by atoms with E-state index in [0.29, 0.717) is 32.5 Å². The Morgan fingerprint density at radius 3 is 2.55 bits per heavy atom. The van der Waals surface area contributed by atoms with Crippen molar-refractivity contribution >= 4 is 17.8 Å². The predicted octanol–water partition coefficient (Wildman–Crippen LogP) is 2.08. The van der Waals surface area contributed by atoms with Gasteiger partial charge in [-0.2, -0.15) is 5.10 Å². The fourth-order valence-corrected chi connectivity index (χ4v) is 3.45. The standard InChI is InChI=1S/C21H26N4O4/c1-14(2)20(27)24-9-6-16(7-10-24)19(26)22-13-15-4-3-5-17(12-15)25-11-8-18(23-25)21(28)29/h3-5,8,11-12,14,16H,6-7,9-10,13H2,1-2H3,(H,22,26)(H,28,29). The highest BCUT2D eigenvalue weighted by molar-refractivity contribution is 5.85. The molecule has 0 unspecified atom stereocenters. The number of carboxylic acids is 1. The lowest BCUT2D eigenvalue weighted by Crippen LogP contribution is -2.44. The van der Waals surface area contributed by atoms with Gasteiger partial charge in [0.05, 0.1) is 5.69 Å². The quantitative estimate of drug-likeness (QED) is 0.775. The molecule has 2 N–H and O–H groups in total. The van der Waals surface area contributed by atoms with Gasteiger partial charge < -0.3 is 15.3 Å². The summed E-state index contributed by atoms with van der Waals surface area (Å²) in [5.41, 5.74) is 1.60. The first-order valence-electron chi connectivity index (χ1n) is 9.80. The van der Waals surface area contributed by atoms with Gasteiger partial charge >= 0.3 is 5.97 Å². The van der Waals surface area contributed by atoms with E-state index in [1.807, 2.05) is 43.0 Å². The fraction of sp³-hybridized carbons (Fsp3) is 0.429. The van der Waals surface area contributed by atoms with Crippen LogP contribution < -0.4 is 5.32 Å². The number of carbonyl (C=O) groups is 3. The summed E-state index contributed by atoms with van der Waals surface area (Å²) in [7, 11) is 0. The van der Waals surface area contributed by atoms with Gasteiger partial charge in [0.1, 0.15) is 0 Å². The summed E-state index contributed by atoms with van der Waals surface area (Å²) >= 11 is 0. The molecule has 0 saturated carbocycles. The molecule has 29 heavy (non-hydrogen) atoms. The van der Waals surface area contributed by atoms with Crippen molar-refractivity contribution in [2.24, 2.45) is 11.8 Å². The third kappa shape index (κ3) is 5.01. The third-order valence-electron chi connectivity index (χ3n) is 5.12. The molecule has 0 radical (unpaired) electrons. The van der Waals surface area contributed by atoms with E-state index in [4.69, 9.17) is 5.11 Å². The third-order valence-corrected chi connectivity index (χ3v) is 5.12. The monoisotopic (exact) mass is 398 g/mol. The fourth-order valence-electron chi connectivity index (χ4n) is 3.45. The molecule has 154 valence electrons. The van der Waals surface area contributed by atoms with Crippen LogP contribution in [0, 0.1) is 11.8 Å². The molecule has 1 aliphatic rings. The number of amides is 2. The summed E-state index contributed by atoms with van der Waals surface area (Å²) in [6, 6.07) is 8.87. The van der Waals surface area contributed by atoms with Crippen molar-refractivity contribution in [1.29, 1.82) is 0 Å². The van der Waals surface area contributed by atoms with Crippen LogP contribution in [0.4, 0.5) is 0 Å². The summed E-state index contributed by atoms with van der Waals surface area (Å²) in [6.45, 7) is 5.40. The van der Waals surface area contributed by atoms with E-state index >= 15 is 0 Å². The number of nitrogens with zero attached hydrogens (tertiary/aromatic N) is 3. The molecule has 0 atom stereocenters. The van der Waals surface area contributed by atoms with Gasteiger partial charge in [0.15, 0.2) is 5.69 Å². The van der Waals surface area contributed by atoms with Crippen LogP contribution >= 0.6 is 0 Å². The number of aromatic carboxylic acids is 1. The number of carboxylic acid groups (broad SMARTS) is 1. The zero-order valence-corrected chi connectivity index (χ0v) is 16.7. The van der Waals surface area contributed by atoms with E-state index in [9.17, 15) is 14.4 Å². The molecule has 3 rings (SSSR count). The molecular formula is C21H26N4O4. The maximum atomic E-state index is 12.5. The Labute approximate surface area is 169 Å². The largest absolute Gasteiger partial charge is 0.476 e. The second-order valence-electron chi connectivity index (χ2n) is 7.59. The molecule has 8 nitrogen and oxygen atoms in total. The van der Waals surface area contributed by atoms with Crippen LogP contribution in [0.15, 0.2) is 36.5 Å². The van der Waals surface area contributed by atoms with E-state index < -0.39 is 5.97 Å². The van der Waals surface area contributed by atoms with Crippen LogP contribution in [-0.4, -0.2) is 50.7 Å². The van der Waals surface area contributed by atoms with Gasteiger partial charge in [-0.25, -0.2) is 9.48 Å². The molecule has 0 aliphatic carbocycles. The molecule has 2 aromatic rings. The average molecular weight is 398 g/mol. The second-order valence-corrected chi connectivity index (χ2v) is 7.59. The van der Waals surface area contributed by atoms with Crippen molar-refractivity contribution in [2.45, 2.75) is 33.2 Å². The minimum absolute atomic E-state index is 0.000647. The van der Waals surface area contributed by atoms with Crippen LogP contribution in [0.3, 0.4) is 0 Å². The first-order valence-corrected chi connectivity index (χ1v) is 9.80. The van der Waals surface area contributed by atoms with Crippen molar-refractivity contribution in [3.8, 4) is 5.69 Å². The zero-order chi connectivity index (χ0) is 21.0. The van der Waals surface area contributed by atoms with E-state index in [2.05, 4.69) is 10.4 Å². The Kier molecular flexibility index (Phi) is 6.31. The van der Waals surface area contributed by atoms with Crippen LogP contribution in [0.5, 0.6) is 0 Å². The molecule has 0 bridgehead atoms. The van der Waals surface area contributed by atoms with Gasteiger partial charge in [0.25, 0.3) is 0 Å². The second kappa shape index (κ2) is 8.89. The molecule has 8 heteroatoms. The topological polar surface area (TPSA) is 105 Å².